The molecule has 0 aromatic carbocycles. The maximum atomic E-state index is 5.93. The Morgan fingerprint density at radius 1 is 1.22 bits per heavy atom. The minimum absolute atomic E-state index is 0.745. The molecule has 23 heavy (non-hydrogen) atoms. The van der Waals surface area contributed by atoms with Gasteiger partial charge in [0.1, 0.15) is 5.69 Å². The smallest absolute Gasteiger partial charge is 0.253 e. The van der Waals surface area contributed by atoms with E-state index in [2.05, 4.69) is 26.8 Å². The van der Waals surface area contributed by atoms with E-state index in [0.29, 0.717) is 0 Å². The van der Waals surface area contributed by atoms with Gasteiger partial charge in [-0.05, 0) is 37.8 Å². The molecule has 1 aliphatic carbocycles. The van der Waals surface area contributed by atoms with Crippen molar-refractivity contribution in [2.45, 2.75) is 57.8 Å². The van der Waals surface area contributed by atoms with Crippen molar-refractivity contribution in [3.8, 4) is 5.88 Å². The molecule has 1 aliphatic heterocycles. The van der Waals surface area contributed by atoms with Crippen LogP contribution in [0.1, 0.15) is 63.5 Å². The molecule has 2 aliphatic rings. The van der Waals surface area contributed by atoms with Gasteiger partial charge >= 0.3 is 0 Å². The fraction of sp³-hybridized carbons (Fsp3) is 0.778. The number of aromatic nitrogens is 2. The SMILES string of the molecule is CN1CCC=C(c2nsnc2OCCCCC2CCCCC2)C1. The zero-order chi connectivity index (χ0) is 15.9. The first-order valence-electron chi connectivity index (χ1n) is 9.16. The molecule has 5 heteroatoms. The molecule has 3 rings (SSSR count). The van der Waals surface area contributed by atoms with Crippen LogP contribution in [0.5, 0.6) is 5.88 Å². The quantitative estimate of drug-likeness (QED) is 0.693. The first kappa shape index (κ1) is 16.9. The highest BCUT2D eigenvalue weighted by Crippen LogP contribution is 2.29. The minimum atomic E-state index is 0.745. The van der Waals surface area contributed by atoms with Crippen LogP contribution in [-0.4, -0.2) is 40.4 Å². The lowest BCUT2D eigenvalue weighted by Crippen LogP contribution is -2.25. The van der Waals surface area contributed by atoms with Gasteiger partial charge in [-0.15, -0.1) is 4.37 Å². The molecule has 0 radical (unpaired) electrons. The van der Waals surface area contributed by atoms with Crippen LogP contribution >= 0.6 is 11.7 Å². The summed E-state index contributed by atoms with van der Waals surface area (Å²) in [5.41, 5.74) is 2.23. The van der Waals surface area contributed by atoms with E-state index in [9.17, 15) is 0 Å². The number of nitrogens with zero attached hydrogens (tertiary/aromatic N) is 3. The van der Waals surface area contributed by atoms with Crippen molar-refractivity contribution >= 4 is 17.3 Å². The molecule has 0 amide bonds. The van der Waals surface area contributed by atoms with E-state index in [1.165, 1.54) is 62.2 Å². The summed E-state index contributed by atoms with van der Waals surface area (Å²) in [4.78, 5) is 2.32. The van der Waals surface area contributed by atoms with Gasteiger partial charge in [-0.1, -0.05) is 44.6 Å². The van der Waals surface area contributed by atoms with Crippen LogP contribution in [-0.2, 0) is 0 Å². The van der Waals surface area contributed by atoms with Crippen molar-refractivity contribution in [3.05, 3.63) is 11.8 Å². The lowest BCUT2D eigenvalue weighted by molar-refractivity contribution is 0.277. The third kappa shape index (κ3) is 5.01. The molecule has 1 aromatic rings. The van der Waals surface area contributed by atoms with Crippen LogP contribution in [0, 0.1) is 5.92 Å². The second kappa shape index (κ2) is 8.78. The molecule has 0 unspecified atom stereocenters. The summed E-state index contributed by atoms with van der Waals surface area (Å²) in [6.45, 7) is 2.84. The van der Waals surface area contributed by atoms with E-state index < -0.39 is 0 Å². The molecular weight excluding hydrogens is 306 g/mol. The number of hydrogen-bond acceptors (Lipinski definition) is 5. The van der Waals surface area contributed by atoms with Gasteiger partial charge in [0, 0.05) is 13.1 Å². The van der Waals surface area contributed by atoms with Crippen LogP contribution < -0.4 is 4.74 Å². The van der Waals surface area contributed by atoms with Gasteiger partial charge in [-0.2, -0.15) is 4.37 Å². The van der Waals surface area contributed by atoms with Crippen molar-refractivity contribution in [1.29, 1.82) is 0 Å². The van der Waals surface area contributed by atoms with Gasteiger partial charge in [-0.25, -0.2) is 0 Å². The highest BCUT2D eigenvalue weighted by atomic mass is 32.1. The number of rotatable bonds is 7. The molecule has 0 bridgehead atoms. The number of hydrogen-bond donors (Lipinski definition) is 0. The van der Waals surface area contributed by atoms with Crippen LogP contribution in [0.4, 0.5) is 0 Å². The molecule has 4 nitrogen and oxygen atoms in total. The van der Waals surface area contributed by atoms with Gasteiger partial charge < -0.3 is 9.64 Å². The fourth-order valence-corrected chi connectivity index (χ4v) is 4.25. The third-order valence-corrected chi connectivity index (χ3v) is 5.59. The lowest BCUT2D eigenvalue weighted by atomic mass is 9.86. The van der Waals surface area contributed by atoms with Gasteiger partial charge in [0.25, 0.3) is 5.88 Å². The molecule has 0 spiro atoms. The van der Waals surface area contributed by atoms with Crippen LogP contribution in [0.25, 0.3) is 5.57 Å². The number of likely N-dealkylation sites (N-methyl/N-ethyl adjacent to an activating group) is 1. The van der Waals surface area contributed by atoms with E-state index in [-0.39, 0.29) is 0 Å². The average Bonchev–Trinajstić information content (AvgIpc) is 3.04. The summed E-state index contributed by atoms with van der Waals surface area (Å²) in [6.07, 6.45) is 14.4. The number of ether oxygens (including phenoxy) is 1. The Morgan fingerprint density at radius 2 is 2.09 bits per heavy atom. The maximum absolute atomic E-state index is 5.93. The van der Waals surface area contributed by atoms with Crippen molar-refractivity contribution in [3.63, 3.8) is 0 Å². The zero-order valence-corrected chi connectivity index (χ0v) is 15.1. The Balaban J connectivity index is 1.40. The summed E-state index contributed by atoms with van der Waals surface area (Å²) < 4.78 is 14.7. The van der Waals surface area contributed by atoms with Crippen LogP contribution in [0.3, 0.4) is 0 Å². The normalized spacial score (nSPS) is 20.5. The lowest BCUT2D eigenvalue weighted by Gasteiger charge is -2.22. The van der Waals surface area contributed by atoms with E-state index in [4.69, 9.17) is 4.74 Å². The topological polar surface area (TPSA) is 38.2 Å². The van der Waals surface area contributed by atoms with Crippen LogP contribution in [0.15, 0.2) is 6.08 Å². The Hall–Kier alpha value is -0.940. The summed E-state index contributed by atoms with van der Waals surface area (Å²) in [7, 11) is 2.15. The Kier molecular flexibility index (Phi) is 6.46. The minimum Gasteiger partial charge on any atom is -0.475 e. The van der Waals surface area contributed by atoms with E-state index >= 15 is 0 Å². The monoisotopic (exact) mass is 335 g/mol. The van der Waals surface area contributed by atoms with Gasteiger partial charge in [0.2, 0.25) is 0 Å². The van der Waals surface area contributed by atoms with Crippen LogP contribution in [0.2, 0.25) is 0 Å². The Morgan fingerprint density at radius 3 is 2.91 bits per heavy atom. The van der Waals surface area contributed by atoms with Crippen molar-refractivity contribution in [1.82, 2.24) is 13.6 Å². The van der Waals surface area contributed by atoms with Gasteiger partial charge in [-0.3, -0.25) is 0 Å². The summed E-state index contributed by atoms with van der Waals surface area (Å²) in [5.74, 6) is 1.72. The fourth-order valence-electron chi connectivity index (χ4n) is 3.72. The first-order valence-corrected chi connectivity index (χ1v) is 9.89. The first-order chi connectivity index (χ1) is 11.3. The predicted octanol–water partition coefficient (Wildman–Crippen LogP) is 4.39. The average molecular weight is 336 g/mol. The molecule has 1 saturated carbocycles. The van der Waals surface area contributed by atoms with Crippen molar-refractivity contribution in [2.24, 2.45) is 5.92 Å². The molecule has 0 atom stereocenters. The van der Waals surface area contributed by atoms with Gasteiger partial charge in [0.15, 0.2) is 0 Å². The molecular formula is C18H29N3OS. The highest BCUT2D eigenvalue weighted by molar-refractivity contribution is 6.99. The second-order valence-electron chi connectivity index (χ2n) is 7.02. The third-order valence-electron chi connectivity index (χ3n) is 5.07. The zero-order valence-electron chi connectivity index (χ0n) is 14.3. The van der Waals surface area contributed by atoms with E-state index in [1.54, 1.807) is 0 Å². The molecule has 1 aromatic heterocycles. The largest absolute Gasteiger partial charge is 0.475 e. The molecule has 128 valence electrons. The molecule has 1 fully saturated rings. The second-order valence-corrected chi connectivity index (χ2v) is 7.55. The van der Waals surface area contributed by atoms with Crippen molar-refractivity contribution in [2.75, 3.05) is 26.7 Å². The molecule has 2 heterocycles. The highest BCUT2D eigenvalue weighted by Gasteiger charge is 2.18. The molecule has 0 saturated heterocycles. The van der Waals surface area contributed by atoms with Gasteiger partial charge in [0.05, 0.1) is 18.3 Å². The van der Waals surface area contributed by atoms with E-state index in [0.717, 1.165) is 50.0 Å². The summed E-state index contributed by atoms with van der Waals surface area (Å²) >= 11 is 1.26. The number of unbranched alkanes of at least 4 members (excludes halogenated alkanes) is 1. The summed E-state index contributed by atoms with van der Waals surface area (Å²) in [6, 6.07) is 0. The maximum Gasteiger partial charge on any atom is 0.253 e. The predicted molar refractivity (Wildman–Crippen MR) is 95.9 cm³/mol. The van der Waals surface area contributed by atoms with E-state index in [1.807, 2.05) is 0 Å². The standard InChI is InChI=1S/C18H29N3OS/c1-21-12-7-11-16(14-21)17-18(20-23-19-17)22-13-6-5-10-15-8-3-2-4-9-15/h11,15H,2-10,12-14H2,1H3. The summed E-state index contributed by atoms with van der Waals surface area (Å²) in [5, 5.41) is 0. The van der Waals surface area contributed by atoms with Crippen molar-refractivity contribution < 1.29 is 4.74 Å². The Labute approximate surface area is 144 Å². The Bertz CT molecular complexity index is 508. The molecule has 0 N–H and O–H groups in total.